The fraction of sp³-hybridized carbons (Fsp3) is 0.429. The van der Waals surface area contributed by atoms with Crippen molar-refractivity contribution in [3.05, 3.63) is 41.2 Å². The summed E-state index contributed by atoms with van der Waals surface area (Å²) >= 11 is 0.774. The van der Waals surface area contributed by atoms with E-state index in [0.29, 0.717) is 19.2 Å². The number of amides is 3. The van der Waals surface area contributed by atoms with Crippen molar-refractivity contribution in [1.82, 2.24) is 30.6 Å². The Bertz CT molecular complexity index is 1570. The Hall–Kier alpha value is -4.15. The number of carbonyl (C=O) groups excluding carboxylic acids is 2. The minimum absolute atomic E-state index is 0.0131. The van der Waals surface area contributed by atoms with Crippen LogP contribution in [0.4, 0.5) is 23.8 Å². The number of pyridine rings is 2. The molecule has 0 spiro atoms. The molecule has 0 aromatic carbocycles. The molecule has 16 heteroatoms. The third-order valence-corrected chi connectivity index (χ3v) is 8.97. The van der Waals surface area contributed by atoms with Crippen LogP contribution in [0.15, 0.2) is 34.9 Å². The van der Waals surface area contributed by atoms with Gasteiger partial charge in [-0.3, -0.25) is 25.4 Å². The monoisotopic (exact) mass is 631 g/mol. The lowest BCUT2D eigenvalue weighted by Gasteiger charge is -2.43. The lowest BCUT2D eigenvalue weighted by molar-refractivity contribution is -0.140. The molecule has 3 aromatic heterocycles. The summed E-state index contributed by atoms with van der Waals surface area (Å²) < 4.78 is 46.8. The van der Waals surface area contributed by atoms with Crippen LogP contribution >= 0.6 is 11.3 Å². The van der Waals surface area contributed by atoms with Crippen molar-refractivity contribution in [1.29, 1.82) is 0 Å². The topological polar surface area (TPSA) is 160 Å². The lowest BCUT2D eigenvalue weighted by atomic mass is 9.88. The molecule has 44 heavy (non-hydrogen) atoms. The lowest BCUT2D eigenvalue weighted by Crippen LogP contribution is -2.50. The van der Waals surface area contributed by atoms with Gasteiger partial charge in [-0.25, -0.2) is 25.6 Å². The highest BCUT2D eigenvalue weighted by molar-refractivity contribution is 7.13. The van der Waals surface area contributed by atoms with Crippen molar-refractivity contribution >= 4 is 35.8 Å². The molecule has 5 heterocycles. The summed E-state index contributed by atoms with van der Waals surface area (Å²) in [6, 6.07) is 2.70. The van der Waals surface area contributed by atoms with Crippen molar-refractivity contribution in [3.63, 3.8) is 0 Å². The summed E-state index contributed by atoms with van der Waals surface area (Å²) in [7, 11) is 2.06. The van der Waals surface area contributed by atoms with Crippen molar-refractivity contribution in [3.8, 4) is 27.6 Å². The van der Waals surface area contributed by atoms with E-state index < -0.39 is 23.8 Å². The standard InChI is InChI=1S/C28H32F3N9O3S/c1-4-34-26(42)38-22-9-19(25-37-21(14-44-25)28(29,30)31)20(12-35-22)18-8-16(23(41)39-32)11-36-24(18)43-13-15-7-17-5-6-27(10-15,33-2)40(17)3/h8-9,11-12,14-15,17H,2,4-7,10,13,32H2,1,3H3,(H,39,41)(H2,34,35,38,42). The van der Waals surface area contributed by atoms with Gasteiger partial charge in [0.2, 0.25) is 5.88 Å². The summed E-state index contributed by atoms with van der Waals surface area (Å²) in [5.74, 6) is 5.09. The molecule has 5 N–H and O–H groups in total. The maximum atomic E-state index is 13.5. The quantitative estimate of drug-likeness (QED) is 0.118. The molecule has 2 bridgehead atoms. The number of hydrogen-bond donors (Lipinski definition) is 4. The number of hydrazine groups is 1. The van der Waals surface area contributed by atoms with Crippen LogP contribution in [0.1, 0.15) is 48.7 Å². The van der Waals surface area contributed by atoms with Gasteiger partial charge in [0.15, 0.2) is 5.69 Å². The van der Waals surface area contributed by atoms with Gasteiger partial charge in [-0.2, -0.15) is 13.2 Å². The fourth-order valence-electron chi connectivity index (χ4n) is 5.87. The molecule has 3 amide bonds. The van der Waals surface area contributed by atoms with Crippen LogP contribution in [0.3, 0.4) is 0 Å². The van der Waals surface area contributed by atoms with Gasteiger partial charge < -0.3 is 10.1 Å². The first-order chi connectivity index (χ1) is 21.0. The maximum absolute atomic E-state index is 13.5. The number of nitrogens with one attached hydrogen (secondary N) is 3. The molecule has 0 aliphatic carbocycles. The largest absolute Gasteiger partial charge is 0.477 e. The Morgan fingerprint density at radius 1 is 1.25 bits per heavy atom. The third-order valence-electron chi connectivity index (χ3n) is 8.10. The molecule has 3 aromatic rings. The van der Waals surface area contributed by atoms with Crippen LogP contribution in [0.25, 0.3) is 21.7 Å². The number of hydrogen-bond acceptors (Lipinski definition) is 10. The van der Waals surface area contributed by atoms with E-state index in [1.807, 2.05) is 0 Å². The molecule has 2 saturated heterocycles. The first-order valence-electron chi connectivity index (χ1n) is 13.9. The second-order valence-electron chi connectivity index (χ2n) is 10.7. The zero-order valence-corrected chi connectivity index (χ0v) is 24.9. The van der Waals surface area contributed by atoms with Crippen molar-refractivity contribution in [2.45, 2.75) is 50.5 Å². The number of nitrogens with two attached hydrogens (primary N) is 1. The number of aliphatic imine (C=N–C) groups is 1. The van der Waals surface area contributed by atoms with Gasteiger partial charge in [-0.05, 0) is 64.4 Å². The van der Waals surface area contributed by atoms with Crippen LogP contribution < -0.4 is 26.6 Å². The van der Waals surface area contributed by atoms with Gasteiger partial charge in [-0.15, -0.1) is 11.3 Å². The van der Waals surface area contributed by atoms with Crippen molar-refractivity contribution in [2.24, 2.45) is 16.8 Å². The van der Waals surface area contributed by atoms with Crippen LogP contribution in [-0.4, -0.2) is 70.4 Å². The smallest absolute Gasteiger partial charge is 0.434 e. The summed E-state index contributed by atoms with van der Waals surface area (Å²) in [6.45, 7) is 6.21. The molecule has 3 atom stereocenters. The van der Waals surface area contributed by atoms with Gasteiger partial charge in [-0.1, -0.05) is 0 Å². The van der Waals surface area contributed by atoms with E-state index in [9.17, 15) is 22.8 Å². The first kappa shape index (κ1) is 31.3. The number of aromatic nitrogens is 3. The van der Waals surface area contributed by atoms with E-state index in [4.69, 9.17) is 10.6 Å². The second-order valence-corrected chi connectivity index (χ2v) is 11.6. The van der Waals surface area contributed by atoms with Gasteiger partial charge in [0, 0.05) is 47.1 Å². The molecule has 234 valence electrons. The highest BCUT2D eigenvalue weighted by Gasteiger charge is 2.49. The number of ether oxygens (including phenoxy) is 1. The van der Waals surface area contributed by atoms with Crippen LogP contribution in [-0.2, 0) is 6.18 Å². The normalized spacial score (nSPS) is 21.5. The van der Waals surface area contributed by atoms with Crippen molar-refractivity contribution < 1.29 is 27.5 Å². The van der Waals surface area contributed by atoms with E-state index in [1.54, 1.807) is 6.92 Å². The number of urea groups is 1. The molecular formula is C28H32F3N9O3S. The number of nitrogen functional groups attached to an aromatic ring is 1. The van der Waals surface area contributed by atoms with E-state index in [-0.39, 0.29) is 50.5 Å². The number of thiazole rings is 1. The highest BCUT2D eigenvalue weighted by Crippen LogP contribution is 2.46. The molecule has 5 rings (SSSR count). The molecule has 0 saturated carbocycles. The Morgan fingerprint density at radius 2 is 2.05 bits per heavy atom. The fourth-order valence-corrected chi connectivity index (χ4v) is 6.73. The highest BCUT2D eigenvalue weighted by atomic mass is 32.1. The first-order valence-corrected chi connectivity index (χ1v) is 14.8. The van der Waals surface area contributed by atoms with Crippen LogP contribution in [0, 0.1) is 5.92 Å². The zero-order chi connectivity index (χ0) is 31.6. The third kappa shape index (κ3) is 6.23. The van der Waals surface area contributed by atoms with E-state index >= 15 is 0 Å². The predicted octanol–water partition coefficient (Wildman–Crippen LogP) is 4.31. The van der Waals surface area contributed by atoms with E-state index in [1.165, 1.54) is 24.5 Å². The van der Waals surface area contributed by atoms with Gasteiger partial charge >= 0.3 is 12.2 Å². The van der Waals surface area contributed by atoms with Gasteiger partial charge in [0.05, 0.1) is 12.2 Å². The Kier molecular flexibility index (Phi) is 8.85. The Balaban J connectivity index is 1.55. The minimum atomic E-state index is -4.66. The zero-order valence-electron chi connectivity index (χ0n) is 24.1. The number of halogens is 3. The Labute approximate surface area is 255 Å². The van der Waals surface area contributed by atoms with E-state index in [0.717, 1.165) is 42.4 Å². The SMILES string of the molecule is C=NC12CCC(CC(COc3ncc(C(=O)NN)cc3-c3cnc(NC(=O)NCC)cc3-c3nc(C(F)(F)F)cs3)C1)N2C. The molecular weight excluding hydrogens is 599 g/mol. The molecule has 0 radical (unpaired) electrons. The summed E-state index contributed by atoms with van der Waals surface area (Å²) in [5.41, 5.74) is 1.53. The average molecular weight is 632 g/mol. The average Bonchev–Trinajstić information content (AvgIpc) is 3.56. The molecule has 3 unspecified atom stereocenters. The predicted molar refractivity (Wildman–Crippen MR) is 159 cm³/mol. The molecule has 12 nitrogen and oxygen atoms in total. The number of fused-ring (bicyclic) bond motifs is 2. The second kappa shape index (κ2) is 12.5. The Morgan fingerprint density at radius 3 is 2.73 bits per heavy atom. The molecule has 2 aliphatic heterocycles. The number of alkyl halides is 3. The maximum Gasteiger partial charge on any atom is 0.434 e. The summed E-state index contributed by atoms with van der Waals surface area (Å²) in [5, 5.41) is 6.06. The minimum Gasteiger partial charge on any atom is -0.477 e. The van der Waals surface area contributed by atoms with Crippen molar-refractivity contribution in [2.75, 3.05) is 25.5 Å². The number of piperidine rings is 1. The van der Waals surface area contributed by atoms with Gasteiger partial charge in [0.25, 0.3) is 5.91 Å². The number of nitrogens with zero attached hydrogens (tertiary/aromatic N) is 5. The summed E-state index contributed by atoms with van der Waals surface area (Å²) in [4.78, 5) is 43.9. The molecule has 2 aliphatic rings. The molecule has 2 fully saturated rings. The number of rotatable bonds is 9. The number of carbonyl (C=O) groups is 2. The van der Waals surface area contributed by atoms with E-state index in [2.05, 4.69) is 54.7 Å². The summed E-state index contributed by atoms with van der Waals surface area (Å²) in [6.07, 6.45) is 1.57. The van der Waals surface area contributed by atoms with Crippen LogP contribution in [0.5, 0.6) is 5.88 Å². The van der Waals surface area contributed by atoms with Crippen LogP contribution in [0.2, 0.25) is 0 Å². The number of anilines is 1. The van der Waals surface area contributed by atoms with Gasteiger partial charge in [0.1, 0.15) is 16.5 Å².